The van der Waals surface area contributed by atoms with E-state index < -0.39 is 5.97 Å². The van der Waals surface area contributed by atoms with Gasteiger partial charge in [-0.3, -0.25) is 0 Å². The van der Waals surface area contributed by atoms with Gasteiger partial charge in [0.05, 0.1) is 6.61 Å². The van der Waals surface area contributed by atoms with E-state index in [9.17, 15) is 4.79 Å². The van der Waals surface area contributed by atoms with Crippen LogP contribution in [-0.4, -0.2) is 38.0 Å². The second-order valence-electron chi connectivity index (χ2n) is 2.16. The summed E-state index contributed by atoms with van der Waals surface area (Å²) in [7, 11) is 1.63. The van der Waals surface area contributed by atoms with Crippen LogP contribution in [0.2, 0.25) is 0 Å². The Morgan fingerprint density at radius 2 is 2.25 bits per heavy atom. The lowest BCUT2D eigenvalue weighted by Gasteiger charge is -1.98. The van der Waals surface area contributed by atoms with Gasteiger partial charge in [0.1, 0.15) is 0 Å². The number of aliphatic carboxylic acids is 1. The minimum Gasteiger partial charge on any atom is -0.478 e. The number of methoxy groups -OCH3 is 1. The molecule has 4 heteroatoms. The van der Waals surface area contributed by atoms with E-state index in [-0.39, 0.29) is 0 Å². The number of carbonyl (C=O) groups is 1. The Morgan fingerprint density at radius 1 is 1.50 bits per heavy atom. The number of hydrogen-bond donors (Lipinski definition) is 1. The molecule has 0 aromatic carbocycles. The summed E-state index contributed by atoms with van der Waals surface area (Å²) in [4.78, 5) is 9.97. The molecule has 1 N–H and O–H groups in total. The zero-order chi connectivity index (χ0) is 9.23. The van der Waals surface area contributed by atoms with E-state index >= 15 is 0 Å². The molecule has 12 heavy (non-hydrogen) atoms. The molecule has 0 unspecified atom stereocenters. The minimum absolute atomic E-state index is 0.343. The van der Waals surface area contributed by atoms with Crippen LogP contribution in [0.3, 0.4) is 0 Å². The molecule has 0 fully saturated rings. The Labute approximate surface area is 71.8 Å². The van der Waals surface area contributed by atoms with Crippen molar-refractivity contribution in [3.05, 3.63) is 12.2 Å². The number of rotatable bonds is 7. The van der Waals surface area contributed by atoms with Gasteiger partial charge in [-0.2, -0.15) is 0 Å². The molecule has 0 aromatic rings. The van der Waals surface area contributed by atoms with E-state index in [1.807, 2.05) is 0 Å². The summed E-state index contributed by atoms with van der Waals surface area (Å²) in [5.41, 5.74) is 0. The zero-order valence-corrected chi connectivity index (χ0v) is 7.16. The standard InChI is InChI=1S/C8H14O4/c1-11-5-3-7-12-6-2-4-8(9)10/h2,4H,3,5-7H2,1H3,(H,9,10). The summed E-state index contributed by atoms with van der Waals surface area (Å²) in [5.74, 6) is -0.949. The second kappa shape index (κ2) is 8.23. The molecule has 0 rings (SSSR count). The van der Waals surface area contributed by atoms with E-state index in [2.05, 4.69) is 0 Å². The highest BCUT2D eigenvalue weighted by molar-refractivity contribution is 5.79. The molecule has 0 aliphatic heterocycles. The van der Waals surface area contributed by atoms with Crippen LogP contribution in [0.15, 0.2) is 12.2 Å². The van der Waals surface area contributed by atoms with Crippen LogP contribution in [0.1, 0.15) is 6.42 Å². The molecule has 0 bridgehead atoms. The third kappa shape index (κ3) is 9.13. The lowest BCUT2D eigenvalue weighted by molar-refractivity contribution is -0.131. The fourth-order valence-electron chi connectivity index (χ4n) is 0.606. The Bertz CT molecular complexity index is 142. The van der Waals surface area contributed by atoms with Crippen molar-refractivity contribution in [2.45, 2.75) is 6.42 Å². The van der Waals surface area contributed by atoms with Crippen molar-refractivity contribution in [1.29, 1.82) is 0 Å². The van der Waals surface area contributed by atoms with Crippen LogP contribution < -0.4 is 0 Å². The highest BCUT2D eigenvalue weighted by Crippen LogP contribution is 1.84. The number of hydrogen-bond acceptors (Lipinski definition) is 3. The molecule has 0 aliphatic rings. The molecule has 0 atom stereocenters. The molecular formula is C8H14O4. The van der Waals surface area contributed by atoms with E-state index in [0.717, 1.165) is 12.5 Å². The largest absolute Gasteiger partial charge is 0.478 e. The van der Waals surface area contributed by atoms with E-state index in [1.54, 1.807) is 7.11 Å². The van der Waals surface area contributed by atoms with Crippen LogP contribution in [0.5, 0.6) is 0 Å². The van der Waals surface area contributed by atoms with Crippen molar-refractivity contribution in [3.8, 4) is 0 Å². The molecule has 0 amide bonds. The lowest BCUT2D eigenvalue weighted by Crippen LogP contribution is -1.99. The van der Waals surface area contributed by atoms with Gasteiger partial charge < -0.3 is 14.6 Å². The van der Waals surface area contributed by atoms with Crippen molar-refractivity contribution < 1.29 is 19.4 Å². The molecule has 0 saturated carbocycles. The Morgan fingerprint density at radius 3 is 2.83 bits per heavy atom. The van der Waals surface area contributed by atoms with Gasteiger partial charge >= 0.3 is 5.97 Å². The average molecular weight is 174 g/mol. The summed E-state index contributed by atoms with van der Waals surface area (Å²) in [6.45, 7) is 1.61. The van der Waals surface area contributed by atoms with E-state index in [1.165, 1.54) is 6.08 Å². The van der Waals surface area contributed by atoms with E-state index in [0.29, 0.717) is 19.8 Å². The minimum atomic E-state index is -0.949. The zero-order valence-electron chi connectivity index (χ0n) is 7.16. The SMILES string of the molecule is COCCCOCC=CC(=O)O. The van der Waals surface area contributed by atoms with E-state index in [4.69, 9.17) is 14.6 Å². The van der Waals surface area contributed by atoms with Gasteiger partial charge in [-0.1, -0.05) is 6.08 Å². The fourth-order valence-corrected chi connectivity index (χ4v) is 0.606. The van der Waals surface area contributed by atoms with Gasteiger partial charge in [0, 0.05) is 26.4 Å². The van der Waals surface area contributed by atoms with Gasteiger partial charge in [-0.05, 0) is 6.42 Å². The summed E-state index contributed by atoms with van der Waals surface area (Å²) >= 11 is 0. The topological polar surface area (TPSA) is 55.8 Å². The van der Waals surface area contributed by atoms with Crippen molar-refractivity contribution >= 4 is 5.97 Å². The normalized spacial score (nSPS) is 10.8. The summed E-state index contributed by atoms with van der Waals surface area (Å²) in [6, 6.07) is 0. The monoisotopic (exact) mass is 174 g/mol. The number of carboxylic acids is 1. The van der Waals surface area contributed by atoms with Crippen LogP contribution in [0.4, 0.5) is 0 Å². The Balaban J connectivity index is 3.05. The fraction of sp³-hybridized carbons (Fsp3) is 0.625. The molecule has 0 aliphatic carbocycles. The maximum Gasteiger partial charge on any atom is 0.328 e. The quantitative estimate of drug-likeness (QED) is 0.455. The van der Waals surface area contributed by atoms with Crippen molar-refractivity contribution in [2.75, 3.05) is 26.9 Å². The van der Waals surface area contributed by atoms with Crippen molar-refractivity contribution in [1.82, 2.24) is 0 Å². The molecule has 0 heterocycles. The molecular weight excluding hydrogens is 160 g/mol. The molecule has 4 nitrogen and oxygen atoms in total. The Kier molecular flexibility index (Phi) is 7.63. The average Bonchev–Trinajstić information content (AvgIpc) is 2.02. The highest BCUT2D eigenvalue weighted by Gasteiger charge is 1.87. The van der Waals surface area contributed by atoms with Crippen LogP contribution >= 0.6 is 0 Å². The first-order valence-corrected chi connectivity index (χ1v) is 3.73. The molecule has 0 spiro atoms. The summed E-state index contributed by atoms with van der Waals surface area (Å²) in [5, 5.41) is 8.19. The predicted octanol–water partition coefficient (Wildman–Crippen LogP) is 0.680. The van der Waals surface area contributed by atoms with Crippen molar-refractivity contribution in [3.63, 3.8) is 0 Å². The summed E-state index contributed by atoms with van der Waals surface area (Å²) in [6.07, 6.45) is 3.36. The van der Waals surface area contributed by atoms with Gasteiger partial charge in [0.25, 0.3) is 0 Å². The van der Waals surface area contributed by atoms with Crippen LogP contribution in [0.25, 0.3) is 0 Å². The predicted molar refractivity (Wildman–Crippen MR) is 44.1 cm³/mol. The molecule has 0 radical (unpaired) electrons. The maximum atomic E-state index is 9.97. The van der Waals surface area contributed by atoms with Gasteiger partial charge in [-0.25, -0.2) is 4.79 Å². The van der Waals surface area contributed by atoms with Crippen molar-refractivity contribution in [2.24, 2.45) is 0 Å². The first-order chi connectivity index (χ1) is 5.77. The van der Waals surface area contributed by atoms with Gasteiger partial charge in [-0.15, -0.1) is 0 Å². The number of ether oxygens (including phenoxy) is 2. The van der Waals surface area contributed by atoms with Crippen LogP contribution in [0, 0.1) is 0 Å². The lowest BCUT2D eigenvalue weighted by atomic mass is 10.5. The van der Waals surface area contributed by atoms with Gasteiger partial charge in [0.15, 0.2) is 0 Å². The molecule has 0 saturated heterocycles. The Hall–Kier alpha value is -0.870. The third-order valence-corrected chi connectivity index (χ3v) is 1.11. The highest BCUT2D eigenvalue weighted by atomic mass is 16.5. The number of carboxylic acid groups (broad SMARTS) is 1. The molecule has 70 valence electrons. The molecule has 0 aromatic heterocycles. The first-order valence-electron chi connectivity index (χ1n) is 3.73. The third-order valence-electron chi connectivity index (χ3n) is 1.11. The first kappa shape index (κ1) is 11.1. The van der Waals surface area contributed by atoms with Gasteiger partial charge in [0.2, 0.25) is 0 Å². The second-order valence-corrected chi connectivity index (χ2v) is 2.16. The smallest absolute Gasteiger partial charge is 0.328 e. The maximum absolute atomic E-state index is 9.97. The van der Waals surface area contributed by atoms with Crippen LogP contribution in [-0.2, 0) is 14.3 Å². The summed E-state index contributed by atoms with van der Waals surface area (Å²) < 4.78 is 9.85.